The van der Waals surface area contributed by atoms with Gasteiger partial charge in [-0.25, -0.2) is 9.37 Å². The number of primary amides is 1. The number of amides is 1. The van der Waals surface area contributed by atoms with Crippen molar-refractivity contribution in [3.63, 3.8) is 0 Å². The van der Waals surface area contributed by atoms with E-state index in [9.17, 15) is 4.39 Å². The Morgan fingerprint density at radius 2 is 1.87 bits per heavy atom. The Morgan fingerprint density at radius 3 is 2.46 bits per heavy atom. The number of halogens is 1. The summed E-state index contributed by atoms with van der Waals surface area (Å²) in [7, 11) is 3.65. The number of aromatic nitrogens is 3. The molecule has 0 unspecified atom stereocenters. The van der Waals surface area contributed by atoms with E-state index in [1.54, 1.807) is 17.9 Å². The van der Waals surface area contributed by atoms with Crippen LogP contribution in [0.25, 0.3) is 22.4 Å². The lowest BCUT2D eigenvalue weighted by atomic mass is 9.98. The van der Waals surface area contributed by atoms with Crippen molar-refractivity contribution in [3.8, 4) is 22.4 Å². The van der Waals surface area contributed by atoms with E-state index in [1.807, 2.05) is 46.3 Å². The van der Waals surface area contributed by atoms with Gasteiger partial charge in [0.05, 0.1) is 36.4 Å². The second-order valence-electron chi connectivity index (χ2n) is 9.45. The molecule has 2 aromatic heterocycles. The van der Waals surface area contributed by atoms with Crippen molar-refractivity contribution >= 4 is 17.9 Å². The van der Waals surface area contributed by atoms with Crippen LogP contribution in [0.1, 0.15) is 38.7 Å². The molecule has 1 amide bonds. The highest BCUT2D eigenvalue weighted by Gasteiger charge is 2.42. The Labute approximate surface area is 230 Å². The zero-order valence-corrected chi connectivity index (χ0v) is 23.7. The van der Waals surface area contributed by atoms with Crippen LogP contribution in [-0.4, -0.2) is 66.7 Å². The number of hydrogen-bond donors (Lipinski definition) is 2. The van der Waals surface area contributed by atoms with E-state index < -0.39 is 0 Å². The Kier molecular flexibility index (Phi) is 10.8. The fraction of sp³-hybridized carbons (Fsp3) is 0.483. The molecule has 212 valence electrons. The zero-order valence-electron chi connectivity index (χ0n) is 23.7. The van der Waals surface area contributed by atoms with E-state index in [2.05, 4.69) is 33.2 Å². The first-order valence-corrected chi connectivity index (χ1v) is 13.5. The Hall–Kier alpha value is -3.50. The summed E-state index contributed by atoms with van der Waals surface area (Å²) in [5, 5.41) is 7.62. The van der Waals surface area contributed by atoms with Crippen molar-refractivity contribution in [2.24, 2.45) is 12.8 Å². The minimum Gasteiger partial charge on any atom is -0.383 e. The molecule has 1 aromatic carbocycles. The van der Waals surface area contributed by atoms with Crippen LogP contribution < -0.4 is 16.0 Å². The lowest BCUT2D eigenvalue weighted by Gasteiger charge is -2.28. The quantitative estimate of drug-likeness (QED) is 0.404. The third-order valence-electron chi connectivity index (χ3n) is 6.91. The van der Waals surface area contributed by atoms with Gasteiger partial charge in [0, 0.05) is 45.6 Å². The first-order valence-electron chi connectivity index (χ1n) is 13.5. The molecule has 3 N–H and O–H groups in total. The highest BCUT2D eigenvalue weighted by atomic mass is 19.1. The molecule has 2 fully saturated rings. The third kappa shape index (κ3) is 7.77. The summed E-state index contributed by atoms with van der Waals surface area (Å²) in [6, 6.07) is 7.69. The Balaban J connectivity index is 0.000000787. The predicted molar refractivity (Wildman–Crippen MR) is 153 cm³/mol. The Morgan fingerprint density at radius 1 is 1.18 bits per heavy atom. The van der Waals surface area contributed by atoms with Crippen molar-refractivity contribution in [1.82, 2.24) is 14.8 Å². The minimum atomic E-state index is -0.238. The third-order valence-corrected chi connectivity index (χ3v) is 6.91. The van der Waals surface area contributed by atoms with Crippen LogP contribution in [0.3, 0.4) is 0 Å². The summed E-state index contributed by atoms with van der Waals surface area (Å²) < 4.78 is 27.7. The molecule has 0 bridgehead atoms. The van der Waals surface area contributed by atoms with E-state index in [0.717, 1.165) is 66.1 Å². The fourth-order valence-electron chi connectivity index (χ4n) is 4.57. The number of morpholine rings is 1. The number of carbonyl (C=O) groups is 1. The summed E-state index contributed by atoms with van der Waals surface area (Å²) in [4.78, 5) is 15.8. The molecule has 9 nitrogen and oxygen atoms in total. The maximum Gasteiger partial charge on any atom is 0.204 e. The molecular formula is C29H41FN6O3. The van der Waals surface area contributed by atoms with Gasteiger partial charge >= 0.3 is 0 Å². The number of anilines is 2. The predicted octanol–water partition coefficient (Wildman–Crippen LogP) is 4.54. The first-order chi connectivity index (χ1) is 18.9. The maximum absolute atomic E-state index is 14.8. The van der Waals surface area contributed by atoms with Crippen LogP contribution in [0.5, 0.6) is 0 Å². The normalized spacial score (nSPS) is 15.4. The second-order valence-corrected chi connectivity index (χ2v) is 9.45. The van der Waals surface area contributed by atoms with Gasteiger partial charge in [-0.3, -0.25) is 9.48 Å². The van der Waals surface area contributed by atoms with Gasteiger partial charge < -0.3 is 25.4 Å². The molecule has 39 heavy (non-hydrogen) atoms. The van der Waals surface area contributed by atoms with E-state index in [-0.39, 0.29) is 17.8 Å². The van der Waals surface area contributed by atoms with Crippen molar-refractivity contribution in [1.29, 1.82) is 0 Å². The lowest BCUT2D eigenvalue weighted by Crippen LogP contribution is -2.36. The average Bonchev–Trinajstić information content (AvgIpc) is 3.61. The number of nitrogens with one attached hydrogen (secondary N) is 1. The molecule has 5 rings (SSSR count). The molecule has 1 aliphatic heterocycles. The van der Waals surface area contributed by atoms with E-state index >= 15 is 0 Å². The number of ether oxygens (including phenoxy) is 2. The summed E-state index contributed by atoms with van der Waals surface area (Å²) in [5.41, 5.74) is 9.33. The fourth-order valence-corrected chi connectivity index (χ4v) is 4.57. The second kappa shape index (κ2) is 14.0. The number of benzene rings is 1. The van der Waals surface area contributed by atoms with Gasteiger partial charge in [-0.15, -0.1) is 0 Å². The largest absolute Gasteiger partial charge is 0.383 e. The molecule has 0 atom stereocenters. The summed E-state index contributed by atoms with van der Waals surface area (Å²) in [6.45, 7) is 9.56. The molecule has 3 aromatic rings. The summed E-state index contributed by atoms with van der Waals surface area (Å²) in [5.74, 6) is 0.659. The van der Waals surface area contributed by atoms with Gasteiger partial charge in [-0.05, 0) is 67.1 Å². The van der Waals surface area contributed by atoms with Crippen LogP contribution >= 0.6 is 0 Å². The van der Waals surface area contributed by atoms with Crippen molar-refractivity contribution in [3.05, 3.63) is 48.0 Å². The van der Waals surface area contributed by atoms with Gasteiger partial charge in [0.25, 0.3) is 0 Å². The molecule has 1 saturated carbocycles. The highest BCUT2D eigenvalue weighted by Crippen LogP contribution is 2.42. The van der Waals surface area contributed by atoms with Crippen LogP contribution in [-0.2, 0) is 21.3 Å². The zero-order chi connectivity index (χ0) is 28.4. The molecule has 0 spiro atoms. The van der Waals surface area contributed by atoms with E-state index in [1.165, 1.54) is 0 Å². The summed E-state index contributed by atoms with van der Waals surface area (Å²) >= 11 is 0. The molecular weight excluding hydrogens is 499 g/mol. The van der Waals surface area contributed by atoms with E-state index in [0.29, 0.717) is 25.4 Å². The van der Waals surface area contributed by atoms with Gasteiger partial charge in [0.2, 0.25) is 6.41 Å². The molecule has 10 heteroatoms. The van der Waals surface area contributed by atoms with Gasteiger partial charge in [0.15, 0.2) is 0 Å². The molecule has 1 saturated heterocycles. The number of aryl methyl sites for hydroxylation is 2. The van der Waals surface area contributed by atoms with Crippen LogP contribution in [0.4, 0.5) is 15.9 Å². The number of rotatable bonds is 8. The monoisotopic (exact) mass is 540 g/mol. The van der Waals surface area contributed by atoms with E-state index in [4.69, 9.17) is 19.3 Å². The molecule has 0 radical (unpaired) electrons. The average molecular weight is 541 g/mol. The highest BCUT2D eigenvalue weighted by molar-refractivity contribution is 5.78. The topological polar surface area (TPSA) is 108 Å². The summed E-state index contributed by atoms with van der Waals surface area (Å²) in [6.07, 6.45) is 7.05. The van der Waals surface area contributed by atoms with Gasteiger partial charge in [-0.1, -0.05) is 13.8 Å². The number of nitrogens with zero attached hydrogens (tertiary/aromatic N) is 4. The number of hydrogen-bond acceptors (Lipinski definition) is 7. The standard InChI is InChI=1S/C26H32FN5O2.C2H6.CH3NO/c1-18-12-22(27)24(28-7-6-26(33-3)4-5-26)15-21(18)19-13-23(20-16-29-31(2)17-20)30-25(14-19)32-8-10-34-11-9-32;1-2;2-1-3/h12-17,28H,4-11H2,1-3H3;1-2H3;1H,(H2,2,3). The van der Waals surface area contributed by atoms with Crippen LogP contribution in [0.2, 0.25) is 0 Å². The minimum absolute atomic E-state index is 0.0201. The molecule has 3 heterocycles. The Bertz CT molecular complexity index is 1220. The number of carbonyl (C=O) groups excluding carboxylic acids is 1. The van der Waals surface area contributed by atoms with Crippen LogP contribution in [0.15, 0.2) is 36.7 Å². The maximum atomic E-state index is 14.8. The van der Waals surface area contributed by atoms with Crippen molar-refractivity contribution in [2.75, 3.05) is 50.2 Å². The van der Waals surface area contributed by atoms with Crippen molar-refractivity contribution in [2.45, 2.75) is 45.6 Å². The number of methoxy groups -OCH3 is 1. The molecule has 2 aliphatic rings. The van der Waals surface area contributed by atoms with Crippen LogP contribution in [0, 0.1) is 12.7 Å². The molecule has 1 aliphatic carbocycles. The smallest absolute Gasteiger partial charge is 0.204 e. The lowest BCUT2D eigenvalue weighted by molar-refractivity contribution is -0.106. The first kappa shape index (κ1) is 30.0. The van der Waals surface area contributed by atoms with Gasteiger partial charge in [0.1, 0.15) is 11.6 Å². The van der Waals surface area contributed by atoms with Gasteiger partial charge in [-0.2, -0.15) is 5.10 Å². The van der Waals surface area contributed by atoms with Crippen molar-refractivity contribution < 1.29 is 18.7 Å². The number of pyridine rings is 1. The number of nitrogens with two attached hydrogens (primary N) is 1. The SMILES string of the molecule is CC.COC1(CCNc2cc(-c3cc(-c4cnn(C)c4)nc(N4CCOCC4)c3)c(C)cc2F)CC1.NC=O.